The van der Waals surface area contributed by atoms with E-state index in [1.54, 1.807) is 0 Å². The highest BCUT2D eigenvalue weighted by Gasteiger charge is 2.49. The van der Waals surface area contributed by atoms with Crippen LogP contribution in [0.4, 0.5) is 0 Å². The molecule has 0 aliphatic heterocycles. The van der Waals surface area contributed by atoms with Crippen molar-refractivity contribution in [2.75, 3.05) is 6.61 Å². The molecule has 0 heterocycles. The maximum atomic E-state index is 6.10. The lowest BCUT2D eigenvalue weighted by Crippen LogP contribution is -2.61. The van der Waals surface area contributed by atoms with E-state index in [1.807, 2.05) is 12.1 Å². The second-order valence-corrected chi connectivity index (χ2v) is 6.67. The van der Waals surface area contributed by atoms with Crippen LogP contribution >= 0.6 is 11.6 Å². The molecule has 1 fully saturated rings. The van der Waals surface area contributed by atoms with E-state index in [0.717, 1.165) is 24.5 Å². The summed E-state index contributed by atoms with van der Waals surface area (Å²) in [6, 6.07) is 9.03. The highest BCUT2D eigenvalue weighted by Crippen LogP contribution is 2.44. The van der Waals surface area contributed by atoms with Gasteiger partial charge in [-0.25, -0.2) is 0 Å². The summed E-state index contributed by atoms with van der Waals surface area (Å²) in [7, 11) is 0. The summed E-state index contributed by atoms with van der Waals surface area (Å²) in [6.07, 6.45) is 2.53. The smallest absolute Gasteiger partial charge is 0.0655 e. The van der Waals surface area contributed by atoms with Gasteiger partial charge in [-0.05, 0) is 37.5 Å². The molecule has 0 bridgehead atoms. The molecule has 2 rings (SSSR count). The SMILES string of the molecule is CCOC1CC(NC(CC)c2cccc(Cl)c2)C1(C)C. The van der Waals surface area contributed by atoms with Crippen LogP contribution in [0.5, 0.6) is 0 Å². The molecule has 0 amide bonds. The highest BCUT2D eigenvalue weighted by atomic mass is 35.5. The quantitative estimate of drug-likeness (QED) is 0.829. The van der Waals surface area contributed by atoms with Crippen molar-refractivity contribution >= 4 is 11.6 Å². The molecule has 1 aromatic rings. The zero-order valence-electron chi connectivity index (χ0n) is 12.9. The summed E-state index contributed by atoms with van der Waals surface area (Å²) in [6.45, 7) is 9.66. The minimum Gasteiger partial charge on any atom is -0.378 e. The van der Waals surface area contributed by atoms with Crippen LogP contribution < -0.4 is 5.32 Å². The first-order valence-corrected chi connectivity index (χ1v) is 8.00. The lowest BCUT2D eigenvalue weighted by Gasteiger charge is -2.53. The number of rotatable bonds is 6. The van der Waals surface area contributed by atoms with Gasteiger partial charge in [0.05, 0.1) is 6.10 Å². The number of benzene rings is 1. The van der Waals surface area contributed by atoms with Crippen molar-refractivity contribution in [1.82, 2.24) is 5.32 Å². The van der Waals surface area contributed by atoms with Crippen LogP contribution in [0.1, 0.15) is 52.1 Å². The standard InChI is InChI=1S/C17H26ClNO/c1-5-14(12-8-7-9-13(18)10-12)19-15-11-16(20-6-2)17(15,3)4/h7-10,14-16,19H,5-6,11H2,1-4H3. The minimum atomic E-state index is 0.196. The molecule has 1 aliphatic carbocycles. The van der Waals surface area contributed by atoms with E-state index in [-0.39, 0.29) is 5.41 Å². The van der Waals surface area contributed by atoms with Crippen molar-refractivity contribution < 1.29 is 4.74 Å². The summed E-state index contributed by atoms with van der Waals surface area (Å²) in [5, 5.41) is 4.59. The molecule has 2 nitrogen and oxygen atoms in total. The van der Waals surface area contributed by atoms with Crippen molar-refractivity contribution in [2.24, 2.45) is 5.41 Å². The van der Waals surface area contributed by atoms with Gasteiger partial charge in [0.15, 0.2) is 0 Å². The Morgan fingerprint density at radius 3 is 2.70 bits per heavy atom. The van der Waals surface area contributed by atoms with Gasteiger partial charge in [-0.15, -0.1) is 0 Å². The zero-order chi connectivity index (χ0) is 14.8. The molecule has 112 valence electrons. The normalized spacial score (nSPS) is 26.1. The first kappa shape index (κ1) is 15.8. The molecule has 3 atom stereocenters. The average molecular weight is 296 g/mol. The maximum absolute atomic E-state index is 6.10. The van der Waals surface area contributed by atoms with Gasteiger partial charge in [-0.1, -0.05) is 44.5 Å². The summed E-state index contributed by atoms with van der Waals surface area (Å²) >= 11 is 6.10. The van der Waals surface area contributed by atoms with Gasteiger partial charge in [0, 0.05) is 29.1 Å². The Labute approximate surface area is 127 Å². The van der Waals surface area contributed by atoms with Gasteiger partial charge in [0.2, 0.25) is 0 Å². The average Bonchev–Trinajstić information content (AvgIpc) is 2.42. The van der Waals surface area contributed by atoms with Crippen LogP contribution in [0.2, 0.25) is 5.02 Å². The first-order chi connectivity index (χ1) is 9.48. The Kier molecular flexibility index (Phi) is 5.11. The van der Waals surface area contributed by atoms with Gasteiger partial charge in [0.25, 0.3) is 0 Å². The van der Waals surface area contributed by atoms with Crippen molar-refractivity contribution in [1.29, 1.82) is 0 Å². The molecule has 0 radical (unpaired) electrons. The van der Waals surface area contributed by atoms with Crippen LogP contribution in [-0.2, 0) is 4.74 Å². The van der Waals surface area contributed by atoms with Crippen molar-refractivity contribution in [3.63, 3.8) is 0 Å². The van der Waals surface area contributed by atoms with E-state index in [4.69, 9.17) is 16.3 Å². The van der Waals surface area contributed by atoms with E-state index >= 15 is 0 Å². The predicted molar refractivity (Wildman–Crippen MR) is 85.2 cm³/mol. The Bertz CT molecular complexity index is 446. The third kappa shape index (κ3) is 3.19. The maximum Gasteiger partial charge on any atom is 0.0655 e. The van der Waals surface area contributed by atoms with Crippen LogP contribution in [0.15, 0.2) is 24.3 Å². The second-order valence-electron chi connectivity index (χ2n) is 6.24. The molecule has 1 N–H and O–H groups in total. The third-order valence-corrected chi connectivity index (χ3v) is 4.84. The summed E-state index contributed by atoms with van der Waals surface area (Å²) in [4.78, 5) is 0. The molecular formula is C17H26ClNO. The van der Waals surface area contributed by atoms with Gasteiger partial charge >= 0.3 is 0 Å². The predicted octanol–water partition coefficient (Wildman–Crippen LogP) is 4.58. The third-order valence-electron chi connectivity index (χ3n) is 4.61. The van der Waals surface area contributed by atoms with E-state index in [2.05, 4.69) is 45.1 Å². The van der Waals surface area contributed by atoms with Crippen LogP contribution in [0.25, 0.3) is 0 Å². The van der Waals surface area contributed by atoms with Crippen molar-refractivity contribution in [3.05, 3.63) is 34.9 Å². The van der Waals surface area contributed by atoms with Gasteiger partial charge in [-0.2, -0.15) is 0 Å². The van der Waals surface area contributed by atoms with Gasteiger partial charge in [0.1, 0.15) is 0 Å². The molecule has 3 unspecified atom stereocenters. The molecular weight excluding hydrogens is 270 g/mol. The molecule has 1 aromatic carbocycles. The molecule has 3 heteroatoms. The molecule has 0 saturated heterocycles. The Balaban J connectivity index is 2.02. The monoisotopic (exact) mass is 295 g/mol. The molecule has 20 heavy (non-hydrogen) atoms. The number of hydrogen-bond acceptors (Lipinski definition) is 2. The Morgan fingerprint density at radius 2 is 2.15 bits per heavy atom. The van der Waals surface area contributed by atoms with Crippen LogP contribution in [-0.4, -0.2) is 18.8 Å². The van der Waals surface area contributed by atoms with Crippen molar-refractivity contribution in [2.45, 2.75) is 58.7 Å². The summed E-state index contributed by atoms with van der Waals surface area (Å²) < 4.78 is 5.80. The summed E-state index contributed by atoms with van der Waals surface area (Å²) in [5.74, 6) is 0. The van der Waals surface area contributed by atoms with E-state index in [9.17, 15) is 0 Å². The Morgan fingerprint density at radius 1 is 1.40 bits per heavy atom. The fourth-order valence-corrected chi connectivity index (χ4v) is 3.27. The fraction of sp³-hybridized carbons (Fsp3) is 0.647. The lowest BCUT2D eigenvalue weighted by molar-refractivity contribution is -0.116. The van der Waals surface area contributed by atoms with E-state index in [1.165, 1.54) is 5.56 Å². The minimum absolute atomic E-state index is 0.196. The number of ether oxygens (including phenoxy) is 1. The number of halogens is 1. The van der Waals surface area contributed by atoms with Crippen molar-refractivity contribution in [3.8, 4) is 0 Å². The fourth-order valence-electron chi connectivity index (χ4n) is 3.07. The molecule has 1 aliphatic rings. The van der Waals surface area contributed by atoms with Gasteiger partial charge < -0.3 is 10.1 Å². The second kappa shape index (κ2) is 6.46. The highest BCUT2D eigenvalue weighted by molar-refractivity contribution is 6.30. The Hall–Kier alpha value is -0.570. The lowest BCUT2D eigenvalue weighted by atomic mass is 9.64. The largest absolute Gasteiger partial charge is 0.378 e. The topological polar surface area (TPSA) is 21.3 Å². The van der Waals surface area contributed by atoms with E-state index < -0.39 is 0 Å². The molecule has 0 spiro atoms. The van der Waals surface area contributed by atoms with E-state index in [0.29, 0.717) is 18.2 Å². The molecule has 0 aromatic heterocycles. The molecule has 1 saturated carbocycles. The van der Waals surface area contributed by atoms with Gasteiger partial charge in [-0.3, -0.25) is 0 Å². The number of nitrogens with one attached hydrogen (secondary N) is 1. The zero-order valence-corrected chi connectivity index (χ0v) is 13.7. The summed E-state index contributed by atoms with van der Waals surface area (Å²) in [5.41, 5.74) is 1.47. The van der Waals surface area contributed by atoms with Crippen LogP contribution in [0.3, 0.4) is 0 Å². The number of hydrogen-bond donors (Lipinski definition) is 1. The van der Waals surface area contributed by atoms with Crippen LogP contribution in [0, 0.1) is 5.41 Å². The first-order valence-electron chi connectivity index (χ1n) is 7.62.